The molecule has 4 aromatic carbocycles. The lowest BCUT2D eigenvalue weighted by molar-refractivity contribution is -0.445. The van der Waals surface area contributed by atoms with Gasteiger partial charge in [0.25, 0.3) is 10.1 Å². The summed E-state index contributed by atoms with van der Waals surface area (Å²) in [5.41, 5.74) is 10.9. The van der Waals surface area contributed by atoms with Gasteiger partial charge in [0.15, 0.2) is 12.3 Å². The second kappa shape index (κ2) is 25.0. The normalized spacial score (nSPS) is 18.6. The first kappa shape index (κ1) is 60.5. The van der Waals surface area contributed by atoms with Gasteiger partial charge in [0.1, 0.15) is 12.4 Å². The minimum absolute atomic E-state index is 0.0335. The number of anilines is 3. The fraction of sp³-hybridized carbons (Fsp3) is 0.492. The highest BCUT2D eigenvalue weighted by molar-refractivity contribution is 7.92. The predicted molar refractivity (Wildman–Crippen MR) is 321 cm³/mol. The van der Waals surface area contributed by atoms with Crippen LogP contribution < -0.4 is 29.7 Å². The van der Waals surface area contributed by atoms with E-state index in [1.54, 1.807) is 42.5 Å². The average Bonchev–Trinajstić information content (AvgIpc) is 3.04. The maximum atomic E-state index is 13.3. The van der Waals surface area contributed by atoms with Crippen LogP contribution in [0.25, 0.3) is 0 Å². The molecule has 442 valence electrons. The molecule has 2 atom stereocenters. The zero-order valence-electron chi connectivity index (χ0n) is 48.1. The van der Waals surface area contributed by atoms with Crippen molar-refractivity contribution in [3.8, 4) is 5.75 Å². The lowest BCUT2D eigenvalue weighted by Gasteiger charge is -2.42. The van der Waals surface area contributed by atoms with Crippen LogP contribution in [0.15, 0.2) is 113 Å². The average molecular weight is 1180 g/mol. The van der Waals surface area contributed by atoms with Gasteiger partial charge < -0.3 is 25.0 Å². The summed E-state index contributed by atoms with van der Waals surface area (Å²) < 4.78 is 101. The third kappa shape index (κ3) is 14.6. The molecule has 0 fully saturated rings. The summed E-state index contributed by atoms with van der Waals surface area (Å²) in [6.45, 7) is 14.2. The fourth-order valence-corrected chi connectivity index (χ4v) is 14.1. The Balaban J connectivity index is 0.683. The molecule has 0 bridgehead atoms. The number of allylic oxidation sites excluding steroid dienone is 1. The van der Waals surface area contributed by atoms with Crippen LogP contribution in [0, 0.1) is 0 Å². The number of sulfonamides is 2. The number of benzene rings is 4. The van der Waals surface area contributed by atoms with Crippen molar-refractivity contribution in [1.82, 2.24) is 15.5 Å². The van der Waals surface area contributed by atoms with Crippen molar-refractivity contribution in [2.75, 3.05) is 79.3 Å². The Morgan fingerprint density at radius 2 is 1.35 bits per heavy atom. The molecule has 0 saturated carbocycles. The molecule has 0 radical (unpaired) electrons. The lowest BCUT2D eigenvalue weighted by Crippen LogP contribution is -2.47. The summed E-state index contributed by atoms with van der Waals surface area (Å²) in [4.78, 5) is 30.6. The van der Waals surface area contributed by atoms with Crippen LogP contribution in [0.5, 0.6) is 5.75 Å². The largest absolute Gasteiger partial charge is 0.492 e. The van der Waals surface area contributed by atoms with Crippen LogP contribution >= 0.6 is 0 Å². The smallest absolute Gasteiger partial charge is 0.294 e. The van der Waals surface area contributed by atoms with Gasteiger partial charge in [-0.25, -0.2) is 16.8 Å². The van der Waals surface area contributed by atoms with Crippen LogP contribution in [0.2, 0.25) is 0 Å². The molecule has 9 rings (SSSR count). The Hall–Kier alpha value is -6.10. The highest BCUT2D eigenvalue weighted by atomic mass is 32.2. The van der Waals surface area contributed by atoms with Crippen molar-refractivity contribution in [1.29, 1.82) is 0 Å². The quantitative estimate of drug-likeness (QED) is 0.0216. The number of rotatable bonds is 27. The van der Waals surface area contributed by atoms with Gasteiger partial charge in [0.2, 0.25) is 37.5 Å². The van der Waals surface area contributed by atoms with E-state index in [1.165, 1.54) is 22.9 Å². The number of unbranched alkanes of at least 4 members (excludes halogenated alkanes) is 5. The van der Waals surface area contributed by atoms with Gasteiger partial charge in [0.05, 0.1) is 41.5 Å². The van der Waals surface area contributed by atoms with E-state index in [0.29, 0.717) is 49.8 Å². The minimum atomic E-state index is -4.37. The van der Waals surface area contributed by atoms with Crippen molar-refractivity contribution < 1.29 is 53.4 Å². The Morgan fingerprint density at radius 3 is 2.04 bits per heavy atom. The molecule has 18 nitrogen and oxygen atoms in total. The van der Waals surface area contributed by atoms with Crippen LogP contribution in [0.3, 0.4) is 0 Å². The van der Waals surface area contributed by atoms with Crippen molar-refractivity contribution in [3.63, 3.8) is 0 Å². The molecule has 5 heterocycles. The number of fused-ring (bicyclic) bond motifs is 8. The summed E-state index contributed by atoms with van der Waals surface area (Å²) in [6.07, 6.45) is 13.8. The van der Waals surface area contributed by atoms with Crippen molar-refractivity contribution in [2.45, 2.75) is 133 Å². The number of nitrogens with zero attached hydrogens (tertiary/aromatic N) is 3. The third-order valence-electron chi connectivity index (χ3n) is 16.4. The first-order valence-corrected chi connectivity index (χ1v) is 33.9. The Morgan fingerprint density at radius 1 is 0.707 bits per heavy atom. The van der Waals surface area contributed by atoms with E-state index < -0.39 is 35.6 Å². The first-order valence-electron chi connectivity index (χ1n) is 28.7. The second-order valence-corrected chi connectivity index (χ2v) is 28.4. The molecule has 5 aliphatic heterocycles. The van der Waals surface area contributed by atoms with E-state index in [9.17, 15) is 39.4 Å². The number of ether oxygens (including phenoxy) is 2. The molecule has 21 heteroatoms. The zero-order valence-corrected chi connectivity index (χ0v) is 50.5. The standard InChI is InChI=1S/C61H79N7O11S3/c1-60(2)50-38-43(17-25-52(50)67-34-28-54-48(58(60)67)41-49-55(79-54)29-35-68-53-26-24-47(82(75,76)77)40-51(53)61(3,4)59(49)68)39-57(70)63-31-12-9-10-14-56(69)62-30-11-7-8-13-32-66(33-27-42-15-18-44(19-16-42)64-80(5,71)72)36-37-78-46-22-20-45(21-23-46)65-81(6,73)74/h15-26,38,40-41,54-55,64-65H,7-14,27-37,39H2,1-6H3,(H2-,62,63,69,70,75,76,77)/p+1. The van der Waals surface area contributed by atoms with Crippen molar-refractivity contribution >= 4 is 70.4 Å². The number of amides is 2. The number of carbonyl (C=O) groups excluding carboxylic acids is 2. The monoisotopic (exact) mass is 1180 g/mol. The molecular formula is C61H80N7O11S3+. The number of nitrogens with one attached hydrogen (secondary N) is 4. The maximum Gasteiger partial charge on any atom is 0.294 e. The summed E-state index contributed by atoms with van der Waals surface area (Å²) in [5, 5.41) is 6.17. The first-order chi connectivity index (χ1) is 38.8. The van der Waals surface area contributed by atoms with E-state index >= 15 is 0 Å². The topological polar surface area (TPSA) is 233 Å². The second-order valence-electron chi connectivity index (χ2n) is 23.5. The number of hydrogen-bond acceptors (Lipinski definition) is 12. The molecule has 82 heavy (non-hydrogen) atoms. The van der Waals surface area contributed by atoms with E-state index in [4.69, 9.17) is 9.47 Å². The van der Waals surface area contributed by atoms with Gasteiger partial charge in [-0.15, -0.1) is 0 Å². The third-order valence-corrected chi connectivity index (χ3v) is 18.5. The molecule has 0 saturated heterocycles. The van der Waals surface area contributed by atoms with Gasteiger partial charge in [-0.05, 0) is 136 Å². The Bertz CT molecular complexity index is 3490. The van der Waals surface area contributed by atoms with E-state index in [0.717, 1.165) is 142 Å². The van der Waals surface area contributed by atoms with E-state index in [2.05, 4.69) is 86.4 Å². The molecule has 5 aliphatic rings. The SMILES string of the molecule is CC1(C)C2=C3C=C4C5=[N+](CCC4OC3CCN2c2ccc(CC(=O)NCCCCCC(=O)NCCCCCCN(CCOc3ccc(NS(C)(=O)=O)cc3)CCc3ccc(NS(C)(=O)=O)cc3)cc21)c1ccc(S(=O)(=O)O)cc1C5(C)C. The van der Waals surface area contributed by atoms with Gasteiger partial charge in [-0.2, -0.15) is 13.0 Å². The highest BCUT2D eigenvalue weighted by Gasteiger charge is 2.54. The Kier molecular flexibility index (Phi) is 18.4. The Labute approximate surface area is 484 Å². The number of carbonyl (C=O) groups is 2. The lowest BCUT2D eigenvalue weighted by atomic mass is 9.74. The van der Waals surface area contributed by atoms with Gasteiger partial charge >= 0.3 is 0 Å². The maximum absolute atomic E-state index is 13.3. The van der Waals surface area contributed by atoms with Crippen molar-refractivity contribution in [2.24, 2.45) is 0 Å². The van der Waals surface area contributed by atoms with Gasteiger partial charge in [-0.1, -0.05) is 57.4 Å². The molecular weight excluding hydrogens is 1100 g/mol. The molecule has 4 aromatic rings. The minimum Gasteiger partial charge on any atom is -0.492 e. The summed E-state index contributed by atoms with van der Waals surface area (Å²) >= 11 is 0. The van der Waals surface area contributed by atoms with E-state index in [-0.39, 0.29) is 40.8 Å². The highest BCUT2D eigenvalue weighted by Crippen LogP contribution is 2.54. The summed E-state index contributed by atoms with van der Waals surface area (Å²) in [5.74, 6) is 0.645. The molecule has 2 amide bonds. The van der Waals surface area contributed by atoms with Crippen LogP contribution in [-0.4, -0.2) is 134 Å². The summed E-state index contributed by atoms with van der Waals surface area (Å²) in [6, 6.07) is 25.5. The molecule has 0 spiro atoms. The zero-order chi connectivity index (χ0) is 58.6. The van der Waals surface area contributed by atoms with E-state index in [1.807, 2.05) is 18.2 Å². The number of hydrogen-bond donors (Lipinski definition) is 5. The summed E-state index contributed by atoms with van der Waals surface area (Å²) in [7, 11) is -11.1. The fourth-order valence-electron chi connectivity index (χ4n) is 12.5. The molecule has 0 aliphatic carbocycles. The van der Waals surface area contributed by atoms with Crippen molar-refractivity contribution in [3.05, 3.63) is 130 Å². The van der Waals surface area contributed by atoms with Crippen LogP contribution in [0.1, 0.15) is 114 Å². The van der Waals surface area contributed by atoms with Gasteiger partial charge in [0, 0.05) is 96.5 Å². The molecule has 0 aromatic heterocycles. The van der Waals surface area contributed by atoms with Crippen LogP contribution in [-0.2, 0) is 68.2 Å². The molecule has 2 unspecified atom stereocenters. The van der Waals surface area contributed by atoms with Crippen LogP contribution in [0.4, 0.5) is 22.7 Å². The molecule has 5 N–H and O–H groups in total. The van der Waals surface area contributed by atoms with Gasteiger partial charge in [-0.3, -0.25) is 28.5 Å². The predicted octanol–water partition coefficient (Wildman–Crippen LogP) is 8.13.